The van der Waals surface area contributed by atoms with Crippen molar-refractivity contribution in [2.75, 3.05) is 7.11 Å². The molecule has 13 heavy (non-hydrogen) atoms. The quantitative estimate of drug-likeness (QED) is 0.768. The van der Waals surface area contributed by atoms with E-state index in [1.807, 2.05) is 13.8 Å². The van der Waals surface area contributed by atoms with Crippen LogP contribution in [0.1, 0.15) is 25.3 Å². The van der Waals surface area contributed by atoms with E-state index in [-0.39, 0.29) is 5.60 Å². The lowest BCUT2D eigenvalue weighted by atomic mass is 10.0. The van der Waals surface area contributed by atoms with E-state index in [4.69, 9.17) is 9.15 Å². The number of oxazole rings is 1. The molecule has 0 saturated heterocycles. The Kier molecular flexibility index (Phi) is 3.50. The summed E-state index contributed by atoms with van der Waals surface area (Å²) in [5, 5.41) is 0.721. The molecule has 0 unspecified atom stereocenters. The van der Waals surface area contributed by atoms with Crippen LogP contribution in [-0.2, 0) is 16.5 Å². The van der Waals surface area contributed by atoms with Gasteiger partial charge in [0.15, 0.2) is 6.39 Å². The van der Waals surface area contributed by atoms with Crippen molar-refractivity contribution in [1.82, 2.24) is 4.98 Å². The fraction of sp³-hybridized carbons (Fsp3) is 0.667. The molecule has 1 rings (SSSR count). The maximum absolute atomic E-state index is 5.31. The summed E-state index contributed by atoms with van der Waals surface area (Å²) in [5.74, 6) is 0.892. The Bertz CT molecular complexity index is 270. The number of ether oxygens (including phenoxy) is 1. The van der Waals surface area contributed by atoms with E-state index in [9.17, 15) is 0 Å². The van der Waals surface area contributed by atoms with E-state index in [0.29, 0.717) is 0 Å². The number of rotatable bonds is 4. The van der Waals surface area contributed by atoms with Crippen LogP contribution in [-0.4, -0.2) is 17.7 Å². The summed E-state index contributed by atoms with van der Waals surface area (Å²) in [6.45, 7) is 4.04. The van der Waals surface area contributed by atoms with Crippen LogP contribution in [0.3, 0.4) is 0 Å². The highest BCUT2D eigenvalue weighted by molar-refractivity contribution is 9.08. The monoisotopic (exact) mass is 247 g/mol. The first-order chi connectivity index (χ1) is 6.09. The van der Waals surface area contributed by atoms with Gasteiger partial charge in [-0.2, -0.15) is 0 Å². The molecule has 1 aromatic rings. The first kappa shape index (κ1) is 10.7. The minimum atomic E-state index is -0.198. The van der Waals surface area contributed by atoms with E-state index in [1.165, 1.54) is 6.39 Å². The van der Waals surface area contributed by atoms with Crippen molar-refractivity contribution in [1.29, 1.82) is 0 Å². The van der Waals surface area contributed by atoms with Crippen molar-refractivity contribution < 1.29 is 9.15 Å². The number of nitrogens with zero attached hydrogens (tertiary/aromatic N) is 1. The predicted molar refractivity (Wildman–Crippen MR) is 53.9 cm³/mol. The van der Waals surface area contributed by atoms with Gasteiger partial charge in [-0.05, 0) is 13.8 Å². The number of methoxy groups -OCH3 is 1. The summed E-state index contributed by atoms with van der Waals surface area (Å²) in [6, 6.07) is 0. The first-order valence-electron chi connectivity index (χ1n) is 4.11. The number of hydrogen-bond donors (Lipinski definition) is 0. The van der Waals surface area contributed by atoms with Gasteiger partial charge in [-0.25, -0.2) is 4.98 Å². The van der Waals surface area contributed by atoms with Crippen LogP contribution >= 0.6 is 15.9 Å². The number of halogens is 1. The molecular weight excluding hydrogens is 234 g/mol. The van der Waals surface area contributed by atoms with Gasteiger partial charge in [-0.3, -0.25) is 0 Å². The minimum absolute atomic E-state index is 0.198. The summed E-state index contributed by atoms with van der Waals surface area (Å²) in [5.41, 5.74) is 0.751. The molecule has 1 aromatic heterocycles. The molecule has 4 heteroatoms. The Labute approximate surface area is 86.6 Å². The molecule has 0 fully saturated rings. The minimum Gasteiger partial charge on any atom is -0.448 e. The van der Waals surface area contributed by atoms with Gasteiger partial charge in [0.2, 0.25) is 0 Å². The molecule has 1 heterocycles. The van der Waals surface area contributed by atoms with E-state index < -0.39 is 0 Å². The highest BCUT2D eigenvalue weighted by atomic mass is 79.9. The molecule has 3 nitrogen and oxygen atoms in total. The zero-order chi connectivity index (χ0) is 9.90. The lowest BCUT2D eigenvalue weighted by Gasteiger charge is -2.21. The molecule has 0 N–H and O–H groups in total. The van der Waals surface area contributed by atoms with Crippen LogP contribution in [0.4, 0.5) is 0 Å². The van der Waals surface area contributed by atoms with Gasteiger partial charge in [0.1, 0.15) is 5.76 Å². The second-order valence-corrected chi connectivity index (χ2v) is 4.06. The van der Waals surface area contributed by atoms with Gasteiger partial charge in [-0.15, -0.1) is 0 Å². The van der Waals surface area contributed by atoms with Gasteiger partial charge < -0.3 is 9.15 Å². The Hall–Kier alpha value is -0.350. The van der Waals surface area contributed by atoms with Crippen molar-refractivity contribution in [3.05, 3.63) is 17.8 Å². The zero-order valence-corrected chi connectivity index (χ0v) is 9.72. The van der Waals surface area contributed by atoms with Crippen molar-refractivity contribution >= 4 is 15.9 Å². The molecule has 0 bridgehead atoms. The molecule has 0 radical (unpaired) electrons. The summed E-state index contributed by atoms with van der Waals surface area (Å²) in [7, 11) is 1.70. The smallest absolute Gasteiger partial charge is 0.181 e. The van der Waals surface area contributed by atoms with E-state index in [2.05, 4.69) is 20.9 Å². The standard InChI is InChI=1S/C9H14BrNO2/c1-9(2,12-3)4-8-7(5-10)11-6-13-8/h6H,4-5H2,1-3H3. The summed E-state index contributed by atoms with van der Waals surface area (Å²) in [6.07, 6.45) is 2.21. The van der Waals surface area contributed by atoms with Crippen molar-refractivity contribution in [2.24, 2.45) is 0 Å². The second-order valence-electron chi connectivity index (χ2n) is 3.50. The van der Waals surface area contributed by atoms with Gasteiger partial charge in [-0.1, -0.05) is 15.9 Å². The van der Waals surface area contributed by atoms with Gasteiger partial charge >= 0.3 is 0 Å². The maximum Gasteiger partial charge on any atom is 0.181 e. The third-order valence-electron chi connectivity index (χ3n) is 1.99. The third-order valence-corrected chi connectivity index (χ3v) is 2.52. The van der Waals surface area contributed by atoms with E-state index in [0.717, 1.165) is 23.2 Å². The molecule has 0 aliphatic carbocycles. The van der Waals surface area contributed by atoms with Crippen LogP contribution in [0.25, 0.3) is 0 Å². The Morgan fingerprint density at radius 3 is 2.85 bits per heavy atom. The average molecular weight is 248 g/mol. The Balaban J connectivity index is 2.73. The molecule has 0 aromatic carbocycles. The van der Waals surface area contributed by atoms with Crippen LogP contribution in [0.5, 0.6) is 0 Å². The molecule has 0 saturated carbocycles. The molecule has 0 aliphatic rings. The fourth-order valence-electron chi connectivity index (χ4n) is 1.01. The van der Waals surface area contributed by atoms with Crippen molar-refractivity contribution in [3.8, 4) is 0 Å². The number of hydrogen-bond acceptors (Lipinski definition) is 3. The second kappa shape index (κ2) is 4.24. The van der Waals surface area contributed by atoms with Gasteiger partial charge in [0.05, 0.1) is 11.3 Å². The van der Waals surface area contributed by atoms with Crippen LogP contribution < -0.4 is 0 Å². The van der Waals surface area contributed by atoms with Crippen molar-refractivity contribution in [3.63, 3.8) is 0 Å². The highest BCUT2D eigenvalue weighted by Gasteiger charge is 2.21. The largest absolute Gasteiger partial charge is 0.448 e. The predicted octanol–water partition coefficient (Wildman–Crippen LogP) is 2.54. The lowest BCUT2D eigenvalue weighted by Crippen LogP contribution is -2.25. The fourth-order valence-corrected chi connectivity index (χ4v) is 1.46. The number of aromatic nitrogens is 1. The van der Waals surface area contributed by atoms with Gasteiger partial charge in [0, 0.05) is 18.9 Å². The van der Waals surface area contributed by atoms with E-state index >= 15 is 0 Å². The average Bonchev–Trinajstić information content (AvgIpc) is 2.51. The summed E-state index contributed by atoms with van der Waals surface area (Å²) < 4.78 is 10.6. The number of alkyl halides is 1. The van der Waals surface area contributed by atoms with Crippen LogP contribution in [0.15, 0.2) is 10.8 Å². The molecule has 0 aliphatic heterocycles. The summed E-state index contributed by atoms with van der Waals surface area (Å²) >= 11 is 3.35. The molecule has 0 atom stereocenters. The zero-order valence-electron chi connectivity index (χ0n) is 8.13. The molecule has 0 spiro atoms. The normalized spacial score (nSPS) is 12.0. The molecule has 0 amide bonds. The first-order valence-corrected chi connectivity index (χ1v) is 5.23. The molecule has 74 valence electrons. The lowest BCUT2D eigenvalue weighted by molar-refractivity contribution is 0.0190. The van der Waals surface area contributed by atoms with E-state index in [1.54, 1.807) is 7.11 Å². The van der Waals surface area contributed by atoms with Gasteiger partial charge in [0.25, 0.3) is 0 Å². The van der Waals surface area contributed by atoms with Crippen LogP contribution in [0.2, 0.25) is 0 Å². The summed E-state index contributed by atoms with van der Waals surface area (Å²) in [4.78, 5) is 4.08. The maximum atomic E-state index is 5.31. The molecular formula is C9H14BrNO2. The highest BCUT2D eigenvalue weighted by Crippen LogP contribution is 2.19. The SMILES string of the molecule is COC(C)(C)Cc1ocnc1CBr. The Morgan fingerprint density at radius 2 is 2.31 bits per heavy atom. The van der Waals surface area contributed by atoms with Crippen molar-refractivity contribution in [2.45, 2.75) is 31.2 Å². The Morgan fingerprint density at radius 1 is 1.62 bits per heavy atom. The third kappa shape index (κ3) is 2.81. The topological polar surface area (TPSA) is 35.3 Å². The van der Waals surface area contributed by atoms with Crippen LogP contribution in [0, 0.1) is 0 Å².